The van der Waals surface area contributed by atoms with Gasteiger partial charge in [0.15, 0.2) is 0 Å². The molecule has 0 spiro atoms. The van der Waals surface area contributed by atoms with Crippen LogP contribution in [0.15, 0.2) is 24.4 Å². The van der Waals surface area contributed by atoms with Gasteiger partial charge in [0.2, 0.25) is 0 Å². The van der Waals surface area contributed by atoms with Crippen molar-refractivity contribution in [1.82, 2.24) is 9.69 Å². The summed E-state index contributed by atoms with van der Waals surface area (Å²) >= 11 is 1.57. The standard InChI is InChI=1S/C12H13N2S/c1-8-4-10(6-13-8)9-2-3-12-11(5-9)7-14-15-12/h2-3,5,7-8,10H,4,6H2,1H3. The molecule has 0 amide bonds. The highest BCUT2D eigenvalue weighted by Gasteiger charge is 2.23. The van der Waals surface area contributed by atoms with E-state index in [0.29, 0.717) is 12.0 Å². The molecule has 3 rings (SSSR count). The minimum Gasteiger partial charge on any atom is -0.238 e. The molecule has 3 heteroatoms. The Morgan fingerprint density at radius 3 is 3.13 bits per heavy atom. The van der Waals surface area contributed by atoms with Crippen molar-refractivity contribution in [1.29, 1.82) is 0 Å². The number of benzene rings is 1. The third kappa shape index (κ3) is 1.66. The third-order valence-electron chi connectivity index (χ3n) is 3.11. The van der Waals surface area contributed by atoms with Crippen LogP contribution in [0.5, 0.6) is 0 Å². The van der Waals surface area contributed by atoms with E-state index in [1.807, 2.05) is 6.20 Å². The molecule has 1 aliphatic rings. The van der Waals surface area contributed by atoms with Crippen LogP contribution in [0.3, 0.4) is 0 Å². The SMILES string of the molecule is CC1CC(c2ccc3sncc3c2)C[N]1. The normalized spacial score (nSPS) is 26.2. The first-order valence-corrected chi connectivity index (χ1v) is 6.11. The molecule has 2 heterocycles. The highest BCUT2D eigenvalue weighted by Crippen LogP contribution is 2.29. The van der Waals surface area contributed by atoms with Gasteiger partial charge < -0.3 is 0 Å². The number of rotatable bonds is 1. The second-order valence-corrected chi connectivity index (χ2v) is 5.10. The molecule has 2 atom stereocenters. The van der Waals surface area contributed by atoms with Crippen LogP contribution < -0.4 is 5.32 Å². The molecule has 0 saturated carbocycles. The fourth-order valence-electron chi connectivity index (χ4n) is 2.25. The monoisotopic (exact) mass is 217 g/mol. The molecular formula is C12H13N2S. The Bertz CT molecular complexity index is 477. The fourth-order valence-corrected chi connectivity index (χ4v) is 2.88. The maximum Gasteiger partial charge on any atom is 0.0550 e. The van der Waals surface area contributed by atoms with Gasteiger partial charge >= 0.3 is 0 Å². The van der Waals surface area contributed by atoms with E-state index in [-0.39, 0.29) is 0 Å². The summed E-state index contributed by atoms with van der Waals surface area (Å²) in [6.45, 7) is 3.19. The lowest BCUT2D eigenvalue weighted by molar-refractivity contribution is 0.648. The molecule has 77 valence electrons. The second kappa shape index (κ2) is 3.58. The van der Waals surface area contributed by atoms with E-state index < -0.39 is 0 Å². The summed E-state index contributed by atoms with van der Waals surface area (Å²) in [7, 11) is 0. The van der Waals surface area contributed by atoms with Gasteiger partial charge in [-0.3, -0.25) is 0 Å². The summed E-state index contributed by atoms with van der Waals surface area (Å²) < 4.78 is 5.48. The molecule has 1 fully saturated rings. The highest BCUT2D eigenvalue weighted by molar-refractivity contribution is 7.13. The average Bonchev–Trinajstić information content (AvgIpc) is 2.84. The van der Waals surface area contributed by atoms with Crippen LogP contribution in [-0.4, -0.2) is 17.0 Å². The van der Waals surface area contributed by atoms with Gasteiger partial charge in [-0.25, -0.2) is 5.32 Å². The smallest absolute Gasteiger partial charge is 0.0550 e. The van der Waals surface area contributed by atoms with E-state index in [1.54, 1.807) is 11.5 Å². The number of hydrogen-bond donors (Lipinski definition) is 0. The first kappa shape index (κ1) is 9.31. The van der Waals surface area contributed by atoms with Crippen molar-refractivity contribution >= 4 is 21.6 Å². The van der Waals surface area contributed by atoms with Crippen LogP contribution in [0.1, 0.15) is 24.8 Å². The zero-order valence-corrected chi connectivity index (χ0v) is 9.50. The molecular weight excluding hydrogens is 204 g/mol. The minimum absolute atomic E-state index is 0.534. The van der Waals surface area contributed by atoms with Crippen LogP contribution in [-0.2, 0) is 0 Å². The predicted molar refractivity (Wildman–Crippen MR) is 63.4 cm³/mol. The Hall–Kier alpha value is -0.930. The Labute approximate surface area is 93.5 Å². The molecule has 0 aliphatic carbocycles. The van der Waals surface area contributed by atoms with Crippen LogP contribution in [0, 0.1) is 0 Å². The van der Waals surface area contributed by atoms with E-state index in [4.69, 9.17) is 0 Å². The molecule has 2 nitrogen and oxygen atoms in total. The molecule has 0 bridgehead atoms. The third-order valence-corrected chi connectivity index (χ3v) is 3.89. The Balaban J connectivity index is 1.97. The fraction of sp³-hybridized carbons (Fsp3) is 0.417. The van der Waals surface area contributed by atoms with Gasteiger partial charge in [0.1, 0.15) is 0 Å². The molecule has 15 heavy (non-hydrogen) atoms. The van der Waals surface area contributed by atoms with Crippen LogP contribution in [0.25, 0.3) is 10.1 Å². The molecule has 2 unspecified atom stereocenters. The molecule has 1 aromatic heterocycles. The van der Waals surface area contributed by atoms with E-state index in [1.165, 1.54) is 22.1 Å². The summed E-state index contributed by atoms with van der Waals surface area (Å²) in [5, 5.41) is 5.82. The lowest BCUT2D eigenvalue weighted by atomic mass is 9.96. The lowest BCUT2D eigenvalue weighted by Crippen LogP contribution is -2.07. The number of aromatic nitrogens is 1. The van der Waals surface area contributed by atoms with Crippen molar-refractivity contribution in [2.24, 2.45) is 0 Å². The second-order valence-electron chi connectivity index (χ2n) is 4.27. The summed E-state index contributed by atoms with van der Waals surface area (Å²) in [5.74, 6) is 0.629. The van der Waals surface area contributed by atoms with Gasteiger partial charge in [-0.15, -0.1) is 0 Å². The van der Waals surface area contributed by atoms with Gasteiger partial charge in [-0.1, -0.05) is 6.07 Å². The minimum atomic E-state index is 0.534. The number of hydrogen-bond acceptors (Lipinski definition) is 2. The Morgan fingerprint density at radius 2 is 2.33 bits per heavy atom. The van der Waals surface area contributed by atoms with Crippen LogP contribution in [0.4, 0.5) is 0 Å². The van der Waals surface area contributed by atoms with Crippen LogP contribution in [0.2, 0.25) is 0 Å². The Morgan fingerprint density at radius 1 is 1.40 bits per heavy atom. The maximum absolute atomic E-state index is 4.55. The highest BCUT2D eigenvalue weighted by atomic mass is 32.1. The quantitative estimate of drug-likeness (QED) is 0.721. The molecule has 1 radical (unpaired) electrons. The number of fused-ring (bicyclic) bond motifs is 1. The summed E-state index contributed by atoms with van der Waals surface area (Å²) in [4.78, 5) is 0. The van der Waals surface area contributed by atoms with Crippen LogP contribution >= 0.6 is 11.5 Å². The van der Waals surface area contributed by atoms with Crippen molar-refractivity contribution in [2.45, 2.75) is 25.3 Å². The van der Waals surface area contributed by atoms with Gasteiger partial charge in [-0.2, -0.15) is 4.37 Å². The van der Waals surface area contributed by atoms with Gasteiger partial charge in [0.05, 0.1) is 4.70 Å². The average molecular weight is 217 g/mol. The molecule has 0 N–H and O–H groups in total. The van der Waals surface area contributed by atoms with Crippen molar-refractivity contribution in [3.8, 4) is 0 Å². The molecule has 2 aromatic rings. The lowest BCUT2D eigenvalue weighted by Gasteiger charge is -2.08. The topological polar surface area (TPSA) is 27.0 Å². The molecule has 1 aromatic carbocycles. The van der Waals surface area contributed by atoms with E-state index in [2.05, 4.69) is 34.8 Å². The van der Waals surface area contributed by atoms with Gasteiger partial charge in [0, 0.05) is 24.2 Å². The molecule has 1 saturated heterocycles. The van der Waals surface area contributed by atoms with E-state index >= 15 is 0 Å². The predicted octanol–water partition coefficient (Wildman–Crippen LogP) is 2.78. The van der Waals surface area contributed by atoms with E-state index in [0.717, 1.165) is 6.54 Å². The van der Waals surface area contributed by atoms with Crippen molar-refractivity contribution < 1.29 is 0 Å². The van der Waals surface area contributed by atoms with Gasteiger partial charge in [-0.05, 0) is 48.5 Å². The molecule has 1 aliphatic heterocycles. The summed E-state index contributed by atoms with van der Waals surface area (Å²) in [5.41, 5.74) is 1.43. The zero-order valence-electron chi connectivity index (χ0n) is 8.68. The van der Waals surface area contributed by atoms with Crippen molar-refractivity contribution in [3.63, 3.8) is 0 Å². The number of nitrogens with zero attached hydrogens (tertiary/aromatic N) is 2. The largest absolute Gasteiger partial charge is 0.238 e. The zero-order chi connectivity index (χ0) is 10.3. The maximum atomic E-state index is 4.55. The Kier molecular flexibility index (Phi) is 2.22. The summed E-state index contributed by atoms with van der Waals surface area (Å²) in [6, 6.07) is 7.23. The van der Waals surface area contributed by atoms with E-state index in [9.17, 15) is 0 Å². The van der Waals surface area contributed by atoms with Gasteiger partial charge in [0.25, 0.3) is 0 Å². The van der Waals surface area contributed by atoms with Crippen molar-refractivity contribution in [3.05, 3.63) is 30.0 Å². The first-order chi connectivity index (χ1) is 7.33. The first-order valence-electron chi connectivity index (χ1n) is 5.34. The van der Waals surface area contributed by atoms with Crippen molar-refractivity contribution in [2.75, 3.05) is 6.54 Å². The summed E-state index contributed by atoms with van der Waals surface area (Å²) in [6.07, 6.45) is 3.15.